The molecule has 1 amide bonds. The Hall–Kier alpha value is -2.43. The van der Waals surface area contributed by atoms with Crippen molar-refractivity contribution < 1.29 is 4.79 Å². The summed E-state index contributed by atoms with van der Waals surface area (Å²) < 4.78 is 1.68. The van der Waals surface area contributed by atoms with E-state index in [2.05, 4.69) is 15.4 Å². The lowest BCUT2D eigenvalue weighted by Crippen LogP contribution is -2.07. The third kappa shape index (κ3) is 3.27. The number of pyridine rings is 1. The molecule has 2 aromatic rings. The minimum absolute atomic E-state index is 0.193. The standard InChI is InChI=1S/C12H12N4O/c1-16-9-10(7-14-16)4-5-12(17)15-11-3-2-6-13-8-11/h2-9H,1H3,(H,15,17)/b5-4+. The first kappa shape index (κ1) is 11.1. The zero-order valence-electron chi connectivity index (χ0n) is 9.37. The van der Waals surface area contributed by atoms with Gasteiger partial charge in [-0.3, -0.25) is 14.5 Å². The number of carbonyl (C=O) groups is 1. The second-order valence-corrected chi connectivity index (χ2v) is 3.51. The molecule has 0 unspecified atom stereocenters. The van der Waals surface area contributed by atoms with Gasteiger partial charge in [0.15, 0.2) is 0 Å². The minimum Gasteiger partial charge on any atom is -0.321 e. The van der Waals surface area contributed by atoms with Crippen molar-refractivity contribution in [3.8, 4) is 0 Å². The summed E-state index contributed by atoms with van der Waals surface area (Å²) in [6, 6.07) is 3.54. The highest BCUT2D eigenvalue weighted by Gasteiger charge is 1.97. The van der Waals surface area contributed by atoms with Crippen molar-refractivity contribution in [3.05, 3.63) is 48.6 Å². The summed E-state index contributed by atoms with van der Waals surface area (Å²) in [6.07, 6.45) is 9.93. The van der Waals surface area contributed by atoms with E-state index in [1.165, 1.54) is 6.08 Å². The van der Waals surface area contributed by atoms with Gasteiger partial charge in [0.2, 0.25) is 5.91 Å². The van der Waals surface area contributed by atoms with E-state index >= 15 is 0 Å². The normalized spacial score (nSPS) is 10.6. The van der Waals surface area contributed by atoms with Crippen LogP contribution in [0.4, 0.5) is 5.69 Å². The largest absolute Gasteiger partial charge is 0.321 e. The van der Waals surface area contributed by atoms with Crippen LogP contribution in [0.3, 0.4) is 0 Å². The molecule has 0 radical (unpaired) electrons. The van der Waals surface area contributed by atoms with Gasteiger partial charge in [0, 0.05) is 31.1 Å². The summed E-state index contributed by atoms with van der Waals surface area (Å²) in [5.74, 6) is -0.193. The topological polar surface area (TPSA) is 59.8 Å². The fourth-order valence-corrected chi connectivity index (χ4v) is 1.32. The number of hydrogen-bond acceptors (Lipinski definition) is 3. The van der Waals surface area contributed by atoms with Gasteiger partial charge in [-0.2, -0.15) is 5.10 Å². The number of rotatable bonds is 3. The first-order valence-electron chi connectivity index (χ1n) is 5.12. The van der Waals surface area contributed by atoms with Crippen molar-refractivity contribution in [3.63, 3.8) is 0 Å². The molecule has 0 saturated heterocycles. The lowest BCUT2D eigenvalue weighted by atomic mass is 10.3. The van der Waals surface area contributed by atoms with E-state index in [4.69, 9.17) is 0 Å². The summed E-state index contributed by atoms with van der Waals surface area (Å²) in [5, 5.41) is 6.71. The third-order valence-electron chi connectivity index (χ3n) is 2.08. The van der Waals surface area contributed by atoms with Gasteiger partial charge in [0.05, 0.1) is 18.1 Å². The van der Waals surface area contributed by atoms with Crippen LogP contribution >= 0.6 is 0 Å². The van der Waals surface area contributed by atoms with E-state index < -0.39 is 0 Å². The predicted octanol–water partition coefficient (Wildman–Crippen LogP) is 1.47. The van der Waals surface area contributed by atoms with Gasteiger partial charge < -0.3 is 5.32 Å². The highest BCUT2D eigenvalue weighted by atomic mass is 16.1. The van der Waals surface area contributed by atoms with Crippen LogP contribution < -0.4 is 5.32 Å². The molecule has 1 N–H and O–H groups in total. The van der Waals surface area contributed by atoms with E-state index in [9.17, 15) is 4.79 Å². The number of amides is 1. The molecular formula is C12H12N4O. The van der Waals surface area contributed by atoms with Crippen LogP contribution in [-0.4, -0.2) is 20.7 Å². The molecule has 0 saturated carbocycles. The van der Waals surface area contributed by atoms with Gasteiger partial charge in [-0.25, -0.2) is 0 Å². The molecule has 2 heterocycles. The molecule has 0 aromatic carbocycles. The SMILES string of the molecule is Cn1cc(/C=C/C(=O)Nc2cccnc2)cn1. The molecule has 0 bridgehead atoms. The molecule has 17 heavy (non-hydrogen) atoms. The molecular weight excluding hydrogens is 216 g/mol. The van der Waals surface area contributed by atoms with Gasteiger partial charge >= 0.3 is 0 Å². The Morgan fingerprint density at radius 2 is 2.35 bits per heavy atom. The van der Waals surface area contributed by atoms with Gasteiger partial charge in [0.25, 0.3) is 0 Å². The Balaban J connectivity index is 1.96. The summed E-state index contributed by atoms with van der Waals surface area (Å²) >= 11 is 0. The molecule has 86 valence electrons. The van der Waals surface area contributed by atoms with E-state index in [1.54, 1.807) is 41.5 Å². The van der Waals surface area contributed by atoms with E-state index in [-0.39, 0.29) is 5.91 Å². The number of aromatic nitrogens is 3. The van der Waals surface area contributed by atoms with Gasteiger partial charge in [0.1, 0.15) is 0 Å². The number of nitrogens with one attached hydrogen (secondary N) is 1. The Morgan fingerprint density at radius 1 is 1.47 bits per heavy atom. The minimum atomic E-state index is -0.193. The fourth-order valence-electron chi connectivity index (χ4n) is 1.32. The third-order valence-corrected chi connectivity index (χ3v) is 2.08. The number of carbonyl (C=O) groups excluding carboxylic acids is 1. The Labute approximate surface area is 98.8 Å². The fraction of sp³-hybridized carbons (Fsp3) is 0.0833. The summed E-state index contributed by atoms with van der Waals surface area (Å²) in [5.41, 5.74) is 1.56. The van der Waals surface area contributed by atoms with Crippen LogP contribution in [0.15, 0.2) is 43.0 Å². The van der Waals surface area contributed by atoms with Crippen molar-refractivity contribution in [2.45, 2.75) is 0 Å². The van der Waals surface area contributed by atoms with Gasteiger partial charge in [-0.05, 0) is 18.2 Å². The first-order valence-corrected chi connectivity index (χ1v) is 5.12. The molecule has 2 rings (SSSR count). The van der Waals surface area contributed by atoms with Crippen molar-refractivity contribution in [1.29, 1.82) is 0 Å². The zero-order chi connectivity index (χ0) is 12.1. The highest BCUT2D eigenvalue weighted by molar-refractivity contribution is 6.01. The molecule has 0 atom stereocenters. The maximum atomic E-state index is 11.5. The summed E-state index contributed by atoms with van der Waals surface area (Å²) in [7, 11) is 1.83. The molecule has 0 aliphatic rings. The average molecular weight is 228 g/mol. The van der Waals surface area contributed by atoms with Crippen molar-refractivity contribution in [2.75, 3.05) is 5.32 Å². The van der Waals surface area contributed by atoms with Crippen molar-refractivity contribution >= 4 is 17.7 Å². The zero-order valence-corrected chi connectivity index (χ0v) is 9.37. The maximum absolute atomic E-state index is 11.5. The Morgan fingerprint density at radius 3 is 3.00 bits per heavy atom. The predicted molar refractivity (Wildman–Crippen MR) is 65.1 cm³/mol. The molecule has 0 spiro atoms. The molecule has 0 aliphatic carbocycles. The lowest BCUT2D eigenvalue weighted by Gasteiger charge is -1.99. The maximum Gasteiger partial charge on any atom is 0.248 e. The van der Waals surface area contributed by atoms with E-state index in [1.807, 2.05) is 13.2 Å². The van der Waals surface area contributed by atoms with Crippen LogP contribution in [0, 0.1) is 0 Å². The summed E-state index contributed by atoms with van der Waals surface area (Å²) in [6.45, 7) is 0. The average Bonchev–Trinajstić information content (AvgIpc) is 2.74. The van der Waals surface area contributed by atoms with Gasteiger partial charge in [-0.15, -0.1) is 0 Å². The molecule has 5 nitrogen and oxygen atoms in total. The van der Waals surface area contributed by atoms with E-state index in [0.29, 0.717) is 5.69 Å². The van der Waals surface area contributed by atoms with Crippen LogP contribution in [-0.2, 0) is 11.8 Å². The molecule has 2 aromatic heterocycles. The number of anilines is 1. The summed E-state index contributed by atoms with van der Waals surface area (Å²) in [4.78, 5) is 15.4. The van der Waals surface area contributed by atoms with Gasteiger partial charge in [-0.1, -0.05) is 0 Å². The quantitative estimate of drug-likeness (QED) is 0.809. The second kappa shape index (κ2) is 5.07. The number of aryl methyl sites for hydroxylation is 1. The van der Waals surface area contributed by atoms with E-state index in [0.717, 1.165) is 5.56 Å². The van der Waals surface area contributed by atoms with Crippen LogP contribution in [0.25, 0.3) is 6.08 Å². The number of hydrogen-bond donors (Lipinski definition) is 1. The monoisotopic (exact) mass is 228 g/mol. The molecule has 0 fully saturated rings. The van der Waals surface area contributed by atoms with Crippen LogP contribution in [0.2, 0.25) is 0 Å². The van der Waals surface area contributed by atoms with Crippen LogP contribution in [0.1, 0.15) is 5.56 Å². The highest BCUT2D eigenvalue weighted by Crippen LogP contribution is 2.04. The number of nitrogens with zero attached hydrogens (tertiary/aromatic N) is 3. The van der Waals surface area contributed by atoms with Crippen LogP contribution in [0.5, 0.6) is 0 Å². The Kier molecular flexibility index (Phi) is 3.30. The second-order valence-electron chi connectivity index (χ2n) is 3.51. The molecule has 0 aliphatic heterocycles. The van der Waals surface area contributed by atoms with Crippen molar-refractivity contribution in [1.82, 2.24) is 14.8 Å². The lowest BCUT2D eigenvalue weighted by molar-refractivity contribution is -0.111. The van der Waals surface area contributed by atoms with Crippen molar-refractivity contribution in [2.24, 2.45) is 7.05 Å². The Bertz CT molecular complexity index is 530. The smallest absolute Gasteiger partial charge is 0.248 e. The molecule has 5 heteroatoms. The first-order chi connectivity index (χ1) is 8.24.